The molecular formula is C26H32FN3O6Si. The van der Waals surface area contributed by atoms with Crippen LogP contribution in [0.25, 0.3) is 0 Å². The summed E-state index contributed by atoms with van der Waals surface area (Å²) in [5, 5.41) is 21.1. The lowest BCUT2D eigenvalue weighted by Crippen LogP contribution is -2.44. The molecule has 2 aromatic rings. The smallest absolute Gasteiger partial charge is 0.269 e. The van der Waals surface area contributed by atoms with E-state index in [4.69, 9.17) is 4.74 Å². The van der Waals surface area contributed by atoms with Crippen LogP contribution in [0, 0.1) is 16.0 Å². The van der Waals surface area contributed by atoms with Gasteiger partial charge in [0.05, 0.1) is 29.7 Å². The zero-order valence-corrected chi connectivity index (χ0v) is 22.4. The number of non-ortho nitro benzene ring substituents is 1. The second-order valence-corrected chi connectivity index (χ2v) is 14.1. The number of rotatable bonds is 8. The molecule has 37 heavy (non-hydrogen) atoms. The van der Waals surface area contributed by atoms with E-state index in [1.807, 2.05) is 30.3 Å². The number of aliphatic hydroxyl groups is 1. The van der Waals surface area contributed by atoms with Crippen LogP contribution in [-0.4, -0.2) is 61.5 Å². The SMILES string of the molecule is C[C@@H]1[C@@H]([Si](C)(C)F)[C@H](CC(=O)N(CCO)Cc2ccccc2)O[C@@]12C(=O)N(C)c1ccc([N+](=O)[O-])cc12. The van der Waals surface area contributed by atoms with E-state index >= 15 is 4.11 Å². The third kappa shape index (κ3) is 4.67. The number of halogens is 1. The van der Waals surface area contributed by atoms with Crippen LogP contribution in [0.2, 0.25) is 18.6 Å². The van der Waals surface area contributed by atoms with E-state index in [1.165, 1.54) is 41.1 Å². The molecule has 4 atom stereocenters. The average molecular weight is 530 g/mol. The largest absolute Gasteiger partial charge is 0.395 e. The molecule has 2 aliphatic rings. The van der Waals surface area contributed by atoms with Crippen molar-refractivity contribution in [2.24, 2.45) is 5.92 Å². The number of amides is 2. The topological polar surface area (TPSA) is 113 Å². The number of nitro groups is 1. The number of nitrogens with zero attached hydrogens (tertiary/aromatic N) is 3. The summed E-state index contributed by atoms with van der Waals surface area (Å²) in [6.45, 7) is 4.92. The van der Waals surface area contributed by atoms with Crippen LogP contribution in [-0.2, 0) is 26.5 Å². The minimum Gasteiger partial charge on any atom is -0.395 e. The quantitative estimate of drug-likeness (QED) is 0.241. The molecule has 4 rings (SSSR count). The lowest BCUT2D eigenvalue weighted by atomic mass is 9.82. The van der Waals surface area contributed by atoms with Gasteiger partial charge in [0.1, 0.15) is 0 Å². The van der Waals surface area contributed by atoms with Gasteiger partial charge in [0.25, 0.3) is 11.6 Å². The van der Waals surface area contributed by atoms with Gasteiger partial charge in [-0.2, -0.15) is 0 Å². The molecule has 2 amide bonds. The summed E-state index contributed by atoms with van der Waals surface area (Å²) in [6, 6.07) is 13.5. The molecule has 1 N–H and O–H groups in total. The highest BCUT2D eigenvalue weighted by Gasteiger charge is 2.66. The van der Waals surface area contributed by atoms with Gasteiger partial charge >= 0.3 is 0 Å². The van der Waals surface area contributed by atoms with Gasteiger partial charge in [0.15, 0.2) is 5.60 Å². The number of hydrogen-bond donors (Lipinski definition) is 1. The highest BCUT2D eigenvalue weighted by Crippen LogP contribution is 2.60. The molecule has 0 saturated carbocycles. The number of nitro benzene ring substituents is 1. The van der Waals surface area contributed by atoms with Crippen LogP contribution in [0.3, 0.4) is 0 Å². The van der Waals surface area contributed by atoms with Gasteiger partial charge in [-0.1, -0.05) is 37.3 Å². The first-order valence-corrected chi connectivity index (χ1v) is 15.2. The minimum atomic E-state index is -3.50. The molecule has 0 aliphatic carbocycles. The Morgan fingerprint density at radius 3 is 2.54 bits per heavy atom. The van der Waals surface area contributed by atoms with E-state index < -0.39 is 42.4 Å². The summed E-state index contributed by atoms with van der Waals surface area (Å²) >= 11 is 0. The fourth-order valence-corrected chi connectivity index (χ4v) is 8.47. The van der Waals surface area contributed by atoms with Crippen molar-refractivity contribution in [3.8, 4) is 0 Å². The minimum absolute atomic E-state index is 0.0962. The molecule has 0 aromatic heterocycles. The molecule has 1 fully saturated rings. The van der Waals surface area contributed by atoms with Crippen molar-refractivity contribution in [3.05, 3.63) is 69.8 Å². The lowest BCUT2D eigenvalue weighted by molar-refractivity contribution is -0.385. The van der Waals surface area contributed by atoms with Crippen molar-refractivity contribution < 1.29 is 28.5 Å². The molecule has 9 nitrogen and oxygen atoms in total. The van der Waals surface area contributed by atoms with E-state index in [0.29, 0.717) is 11.3 Å². The summed E-state index contributed by atoms with van der Waals surface area (Å²) < 4.78 is 22.3. The van der Waals surface area contributed by atoms with Gasteiger partial charge in [-0.3, -0.25) is 19.7 Å². The van der Waals surface area contributed by atoms with Crippen molar-refractivity contribution >= 4 is 31.6 Å². The number of benzene rings is 2. The first-order valence-electron chi connectivity index (χ1n) is 12.3. The second-order valence-electron chi connectivity index (χ2n) is 10.3. The molecule has 198 valence electrons. The summed E-state index contributed by atoms with van der Waals surface area (Å²) in [5.41, 5.74) is -0.849. The Morgan fingerprint density at radius 2 is 1.95 bits per heavy atom. The third-order valence-corrected chi connectivity index (χ3v) is 10.1. The summed E-state index contributed by atoms with van der Waals surface area (Å²) in [6.07, 6.45) is -1.08. The van der Waals surface area contributed by atoms with Crippen molar-refractivity contribution in [2.45, 2.75) is 50.2 Å². The van der Waals surface area contributed by atoms with Crippen LogP contribution in [0.4, 0.5) is 15.5 Å². The Bertz CT molecular complexity index is 1210. The normalized spacial score (nSPS) is 25.0. The highest BCUT2D eigenvalue weighted by atomic mass is 28.4. The van der Waals surface area contributed by atoms with Crippen LogP contribution in [0.5, 0.6) is 0 Å². The van der Waals surface area contributed by atoms with Crippen LogP contribution < -0.4 is 4.90 Å². The Hall–Kier alpha value is -3.15. The molecule has 1 saturated heterocycles. The van der Waals surface area contributed by atoms with E-state index in [2.05, 4.69) is 0 Å². The van der Waals surface area contributed by atoms with Gasteiger partial charge in [0.2, 0.25) is 14.3 Å². The molecule has 2 aromatic carbocycles. The standard InChI is InChI=1S/C26H32FN3O6Si/c1-17-24(37(3,4)27)22(15-23(32)29(12-13-31)16-18-8-6-5-7-9-18)36-26(17)20-14-19(30(34)35)10-11-21(20)28(2)25(26)33/h5-11,14,17,22,24,31H,12-13,15-16H2,1-4H3/t17-,22+,24-,26+/m1/s1. The first kappa shape index (κ1) is 26.9. The Morgan fingerprint density at radius 1 is 1.27 bits per heavy atom. The van der Waals surface area contributed by atoms with Crippen LogP contribution in [0.15, 0.2) is 48.5 Å². The lowest BCUT2D eigenvalue weighted by Gasteiger charge is -2.31. The van der Waals surface area contributed by atoms with Crippen molar-refractivity contribution in [1.29, 1.82) is 0 Å². The maximum Gasteiger partial charge on any atom is 0.269 e. The predicted molar refractivity (Wildman–Crippen MR) is 138 cm³/mol. The molecule has 0 bridgehead atoms. The number of carbonyl (C=O) groups is 2. The number of ether oxygens (including phenoxy) is 1. The van der Waals surface area contributed by atoms with Crippen LogP contribution >= 0.6 is 0 Å². The molecule has 1 spiro atoms. The number of fused-ring (bicyclic) bond motifs is 2. The summed E-state index contributed by atoms with van der Waals surface area (Å²) in [5.74, 6) is -1.41. The molecule has 0 radical (unpaired) electrons. The predicted octanol–water partition coefficient (Wildman–Crippen LogP) is 3.76. The second kappa shape index (κ2) is 9.96. The molecular weight excluding hydrogens is 497 g/mol. The van der Waals surface area contributed by atoms with Gasteiger partial charge in [-0.25, -0.2) is 0 Å². The first-order chi connectivity index (χ1) is 17.4. The van der Waals surface area contributed by atoms with E-state index in [-0.39, 0.29) is 37.7 Å². The van der Waals surface area contributed by atoms with E-state index in [0.717, 1.165) is 5.56 Å². The number of aliphatic hydroxyl groups excluding tert-OH is 1. The number of anilines is 1. The van der Waals surface area contributed by atoms with E-state index in [9.17, 15) is 24.8 Å². The van der Waals surface area contributed by atoms with Crippen molar-refractivity contribution in [3.63, 3.8) is 0 Å². The van der Waals surface area contributed by atoms with Gasteiger partial charge in [0, 0.05) is 49.3 Å². The third-order valence-electron chi connectivity index (χ3n) is 7.60. The Labute approximate surface area is 216 Å². The fourth-order valence-electron chi connectivity index (χ4n) is 5.97. The Balaban J connectivity index is 1.71. The average Bonchev–Trinajstić information content (AvgIpc) is 3.25. The molecule has 0 unspecified atom stereocenters. The van der Waals surface area contributed by atoms with Crippen molar-refractivity contribution in [2.75, 3.05) is 25.1 Å². The highest BCUT2D eigenvalue weighted by molar-refractivity contribution is 6.72. The molecule has 2 aliphatic heterocycles. The Kier molecular flexibility index (Phi) is 7.24. The summed E-state index contributed by atoms with van der Waals surface area (Å²) in [7, 11) is -1.93. The number of carbonyl (C=O) groups excluding carboxylic acids is 2. The van der Waals surface area contributed by atoms with Gasteiger partial charge in [-0.05, 0) is 24.7 Å². The number of likely N-dealkylation sites (N-methyl/N-ethyl adjacent to an activating group) is 1. The monoisotopic (exact) mass is 529 g/mol. The van der Waals surface area contributed by atoms with E-state index in [1.54, 1.807) is 14.0 Å². The fraction of sp³-hybridized carbons (Fsp3) is 0.462. The molecule has 11 heteroatoms. The maximum atomic E-state index is 15.8. The zero-order chi connectivity index (χ0) is 27.1. The van der Waals surface area contributed by atoms with Gasteiger partial charge < -0.3 is 23.8 Å². The zero-order valence-electron chi connectivity index (χ0n) is 21.4. The van der Waals surface area contributed by atoms with Crippen molar-refractivity contribution in [1.82, 2.24) is 4.90 Å². The van der Waals surface area contributed by atoms with Crippen LogP contribution in [0.1, 0.15) is 24.5 Å². The molecule has 2 heterocycles. The maximum absolute atomic E-state index is 15.8. The van der Waals surface area contributed by atoms with Gasteiger partial charge in [-0.15, -0.1) is 0 Å². The summed E-state index contributed by atoms with van der Waals surface area (Å²) in [4.78, 5) is 41.0. The number of hydrogen-bond acceptors (Lipinski definition) is 6.